The first-order valence-electron chi connectivity index (χ1n) is 28.3. The Morgan fingerprint density at radius 2 is 0.737 bits per heavy atom. The summed E-state index contributed by atoms with van der Waals surface area (Å²) in [4.78, 5) is 39.0. The number of ether oxygens (including phenoxy) is 5. The summed E-state index contributed by atoms with van der Waals surface area (Å²) in [6.45, 7) is 19.4. The van der Waals surface area contributed by atoms with Crippen molar-refractivity contribution >= 4 is 43.1 Å². The van der Waals surface area contributed by atoms with E-state index in [1.807, 2.05) is 30.3 Å². The van der Waals surface area contributed by atoms with E-state index in [2.05, 4.69) is 52.8 Å². The van der Waals surface area contributed by atoms with E-state index < -0.39 is 43.1 Å². The normalized spacial score (nSPS) is 11.8. The van der Waals surface area contributed by atoms with Crippen LogP contribution in [-0.2, 0) is 8.23 Å². The van der Waals surface area contributed by atoms with Crippen LogP contribution < -0.4 is 23.7 Å². The summed E-state index contributed by atoms with van der Waals surface area (Å²) in [5.74, 6) is 1.00. The Balaban J connectivity index is 0.932. The molecule has 76 heavy (non-hydrogen) atoms. The van der Waals surface area contributed by atoms with Gasteiger partial charge in [-0.3, -0.25) is 0 Å². The van der Waals surface area contributed by atoms with Crippen LogP contribution in [0.15, 0.2) is 121 Å². The maximum Gasteiger partial charge on any atom is 0.343 e. The fraction of sp³-hybridized carbons (Fsp3) is 0.476. The van der Waals surface area contributed by atoms with Crippen LogP contribution in [0.3, 0.4) is 0 Å². The number of rotatable bonds is 36. The van der Waals surface area contributed by atoms with Crippen LogP contribution in [0.2, 0.25) is 51.9 Å². The van der Waals surface area contributed by atoms with E-state index >= 15 is 0 Å². The van der Waals surface area contributed by atoms with Crippen molar-refractivity contribution in [3.05, 3.63) is 138 Å². The minimum Gasteiger partial charge on any atom is -0.494 e. The number of esters is 3. The van der Waals surface area contributed by atoms with Crippen LogP contribution in [0.25, 0.3) is 11.1 Å². The lowest BCUT2D eigenvalue weighted by Gasteiger charge is -2.37. The molecule has 0 aliphatic heterocycles. The molecular formula is C63H88O10Si3. The van der Waals surface area contributed by atoms with E-state index in [1.54, 1.807) is 91.0 Å². The van der Waals surface area contributed by atoms with Crippen molar-refractivity contribution in [3.63, 3.8) is 0 Å². The second-order valence-electron chi connectivity index (χ2n) is 22.1. The molecule has 0 fully saturated rings. The molecule has 5 rings (SSSR count). The molecule has 5 aromatic rings. The molecule has 0 aromatic heterocycles. The van der Waals surface area contributed by atoms with Gasteiger partial charge in [-0.2, -0.15) is 0 Å². The maximum atomic E-state index is 13.1. The van der Waals surface area contributed by atoms with Gasteiger partial charge in [-0.15, -0.1) is 0 Å². The SMILES string of the molecule is CCCCCCCCCCCCOc1ccc(C(=O)Oc2ccc(C(=O)Oc3cccc(-c4ccc(OC(=O)c5ccc(OCCCCCCCCCCC[Si](C)(C)O[Si](C)(C)O[Si](C)(C)C)cc5)cc4)c3)cc2)cc1. The number of benzene rings is 5. The fourth-order valence-corrected chi connectivity index (χ4v) is 22.6. The van der Waals surface area contributed by atoms with E-state index in [-0.39, 0.29) is 0 Å². The molecule has 0 aliphatic rings. The third-order valence-electron chi connectivity index (χ3n) is 13.0. The van der Waals surface area contributed by atoms with Gasteiger partial charge in [-0.1, -0.05) is 140 Å². The summed E-state index contributed by atoms with van der Waals surface area (Å²) < 4.78 is 41.9. The lowest BCUT2D eigenvalue weighted by Crippen LogP contribution is -2.51. The summed E-state index contributed by atoms with van der Waals surface area (Å²) in [5, 5.41) is 0. The van der Waals surface area contributed by atoms with E-state index in [0.29, 0.717) is 47.2 Å². The van der Waals surface area contributed by atoms with Crippen LogP contribution in [0.4, 0.5) is 0 Å². The summed E-state index contributed by atoms with van der Waals surface area (Å²) in [6.07, 6.45) is 23.7. The van der Waals surface area contributed by atoms with Gasteiger partial charge in [0, 0.05) is 0 Å². The van der Waals surface area contributed by atoms with Crippen LogP contribution >= 0.6 is 0 Å². The molecule has 0 heterocycles. The van der Waals surface area contributed by atoms with E-state index in [0.717, 1.165) is 48.3 Å². The molecule has 0 saturated heterocycles. The first kappa shape index (κ1) is 61.5. The topological polar surface area (TPSA) is 116 Å². The molecule has 0 unspecified atom stereocenters. The van der Waals surface area contributed by atoms with Crippen molar-refractivity contribution in [3.8, 4) is 39.9 Å². The van der Waals surface area contributed by atoms with Crippen molar-refractivity contribution in [2.24, 2.45) is 0 Å². The molecule has 0 amide bonds. The standard InChI is InChI=1S/C63H88O10Si3/c1-9-10-11-12-13-14-16-19-22-25-47-67-57-41-35-53(36-42-57)62(65)70-59-45-37-54(38-46-59)63(66)71-60-30-28-29-55(50-60)51-31-43-58(44-32-51)69-61(64)52-33-39-56(40-34-52)68-48-26-23-20-17-15-18-21-24-27-49-75(5,6)73-76(7,8)72-74(2,3)4/h28-46,50H,9-27,47-49H2,1-8H3. The van der Waals surface area contributed by atoms with Crippen molar-refractivity contribution in [1.29, 1.82) is 0 Å². The number of carbonyl (C=O) groups is 3. The molecule has 0 N–H and O–H groups in total. The van der Waals surface area contributed by atoms with Crippen LogP contribution in [0.5, 0.6) is 28.7 Å². The van der Waals surface area contributed by atoms with E-state index in [4.69, 9.17) is 31.9 Å². The fourth-order valence-electron chi connectivity index (χ4n) is 9.32. The number of carbonyl (C=O) groups excluding carboxylic acids is 3. The van der Waals surface area contributed by atoms with Crippen LogP contribution in [0, 0.1) is 0 Å². The third-order valence-corrected chi connectivity index (χ3v) is 23.1. The molecule has 10 nitrogen and oxygen atoms in total. The first-order valence-corrected chi connectivity index (χ1v) is 37.6. The summed E-state index contributed by atoms with van der Waals surface area (Å²) in [6, 6.07) is 35.8. The number of unbranched alkanes of at least 4 members (excludes halogenated alkanes) is 17. The molecule has 0 aliphatic carbocycles. The highest BCUT2D eigenvalue weighted by atomic mass is 28.5. The molecule has 0 atom stereocenters. The largest absolute Gasteiger partial charge is 0.494 e. The zero-order valence-corrected chi connectivity index (χ0v) is 50.2. The number of hydrogen-bond acceptors (Lipinski definition) is 10. The lowest BCUT2D eigenvalue weighted by molar-refractivity contribution is 0.0723. The molecular weight excluding hydrogens is 1000 g/mol. The third kappa shape index (κ3) is 24.3. The van der Waals surface area contributed by atoms with E-state index in [9.17, 15) is 14.4 Å². The average Bonchev–Trinajstić information content (AvgIpc) is 3.38. The summed E-state index contributed by atoms with van der Waals surface area (Å²) >= 11 is 0. The Bertz CT molecular complexity index is 2470. The predicted octanol–water partition coefficient (Wildman–Crippen LogP) is 18.0. The van der Waals surface area contributed by atoms with Crippen LogP contribution in [-0.4, -0.2) is 56.3 Å². The Hall–Kier alpha value is -5.32. The maximum absolute atomic E-state index is 13.1. The first-order chi connectivity index (χ1) is 36.5. The molecule has 13 heteroatoms. The number of hydrogen-bond donors (Lipinski definition) is 0. The highest BCUT2D eigenvalue weighted by molar-refractivity contribution is 6.87. The monoisotopic (exact) mass is 1090 g/mol. The van der Waals surface area contributed by atoms with Crippen molar-refractivity contribution in [2.75, 3.05) is 13.2 Å². The minimum absolute atomic E-state index is 0.300. The average molecular weight is 1090 g/mol. The lowest BCUT2D eigenvalue weighted by atomic mass is 10.1. The second-order valence-corrected chi connectivity index (χ2v) is 34.8. The molecule has 0 bridgehead atoms. The van der Waals surface area contributed by atoms with Crippen LogP contribution in [0.1, 0.15) is 160 Å². The Kier molecular flexibility index (Phi) is 26.3. The Morgan fingerprint density at radius 3 is 1.16 bits per heavy atom. The van der Waals surface area contributed by atoms with Gasteiger partial charge in [0.15, 0.2) is 16.6 Å². The highest BCUT2D eigenvalue weighted by Crippen LogP contribution is 2.29. The summed E-state index contributed by atoms with van der Waals surface area (Å²) in [5.41, 5.74) is 2.79. The van der Waals surface area contributed by atoms with Gasteiger partial charge in [-0.25, -0.2) is 14.4 Å². The quantitative estimate of drug-likeness (QED) is 0.0166. The van der Waals surface area contributed by atoms with Gasteiger partial charge in [0.25, 0.3) is 0 Å². The zero-order valence-electron chi connectivity index (χ0n) is 47.2. The molecule has 5 aromatic carbocycles. The smallest absolute Gasteiger partial charge is 0.343 e. The molecule has 0 radical (unpaired) electrons. The Morgan fingerprint density at radius 1 is 0.368 bits per heavy atom. The van der Waals surface area contributed by atoms with Crippen molar-refractivity contribution < 1.29 is 46.3 Å². The summed E-state index contributed by atoms with van der Waals surface area (Å²) in [7, 11) is -5.36. The van der Waals surface area contributed by atoms with Gasteiger partial charge < -0.3 is 31.9 Å². The van der Waals surface area contributed by atoms with Gasteiger partial charge in [0.1, 0.15) is 28.7 Å². The van der Waals surface area contributed by atoms with Gasteiger partial charge in [0.2, 0.25) is 0 Å². The van der Waals surface area contributed by atoms with Crippen molar-refractivity contribution in [1.82, 2.24) is 0 Å². The van der Waals surface area contributed by atoms with Gasteiger partial charge in [0.05, 0.1) is 29.9 Å². The van der Waals surface area contributed by atoms with E-state index in [1.165, 1.54) is 102 Å². The Labute approximate surface area is 459 Å². The van der Waals surface area contributed by atoms with Gasteiger partial charge >= 0.3 is 26.5 Å². The highest BCUT2D eigenvalue weighted by Gasteiger charge is 2.37. The minimum atomic E-state index is -2.06. The predicted molar refractivity (Wildman–Crippen MR) is 316 cm³/mol. The van der Waals surface area contributed by atoms with Gasteiger partial charge in [-0.05, 0) is 173 Å². The van der Waals surface area contributed by atoms with Crippen molar-refractivity contribution in [2.45, 2.75) is 181 Å². The molecule has 0 spiro atoms. The zero-order chi connectivity index (χ0) is 54.7. The molecule has 412 valence electrons. The molecule has 0 saturated carbocycles. The second kappa shape index (κ2) is 32.4.